The van der Waals surface area contributed by atoms with Gasteiger partial charge in [0.15, 0.2) is 6.10 Å². The van der Waals surface area contributed by atoms with Crippen LogP contribution in [0, 0.1) is 0 Å². The van der Waals surface area contributed by atoms with E-state index in [2.05, 4.69) is 10.2 Å². The number of piperidine rings is 1. The van der Waals surface area contributed by atoms with E-state index >= 15 is 0 Å². The minimum atomic E-state index is -0.503. The Morgan fingerprint density at radius 1 is 1.28 bits per heavy atom. The van der Waals surface area contributed by atoms with E-state index in [1.807, 2.05) is 0 Å². The summed E-state index contributed by atoms with van der Waals surface area (Å²) in [6.45, 7) is 5.41. The lowest BCUT2D eigenvalue weighted by Gasteiger charge is -2.35. The lowest BCUT2D eigenvalue weighted by Crippen LogP contribution is -2.48. The quantitative estimate of drug-likeness (QED) is 0.814. The second-order valence-corrected chi connectivity index (χ2v) is 6.78. The third kappa shape index (κ3) is 4.25. The van der Waals surface area contributed by atoms with Gasteiger partial charge in [-0.3, -0.25) is 9.59 Å². The predicted octanol–water partition coefficient (Wildman–Crippen LogP) is 2.46. The first kappa shape index (κ1) is 18.0. The number of amides is 2. The maximum absolute atomic E-state index is 12.6. The molecule has 1 saturated heterocycles. The first-order chi connectivity index (χ1) is 12.1. The van der Waals surface area contributed by atoms with Gasteiger partial charge in [0.25, 0.3) is 5.91 Å². The molecule has 7 heteroatoms. The van der Waals surface area contributed by atoms with Crippen LogP contribution in [0.5, 0.6) is 5.75 Å². The zero-order valence-corrected chi connectivity index (χ0v) is 15.2. The van der Waals surface area contributed by atoms with Crippen LogP contribution in [0.1, 0.15) is 26.2 Å². The molecule has 2 aliphatic rings. The van der Waals surface area contributed by atoms with Crippen molar-refractivity contribution in [1.29, 1.82) is 0 Å². The van der Waals surface area contributed by atoms with E-state index in [-0.39, 0.29) is 17.7 Å². The number of rotatable bonds is 5. The largest absolute Gasteiger partial charge is 0.479 e. The smallest absolute Gasteiger partial charge is 0.267 e. The van der Waals surface area contributed by atoms with Gasteiger partial charge in [0, 0.05) is 18.8 Å². The normalized spacial score (nSPS) is 20.8. The Morgan fingerprint density at radius 2 is 2.04 bits per heavy atom. The summed E-state index contributed by atoms with van der Waals surface area (Å²) in [4.78, 5) is 28.3. The molecule has 1 atom stereocenters. The monoisotopic (exact) mass is 365 g/mol. The Balaban J connectivity index is 1.78. The number of halogens is 1. The molecule has 0 saturated carbocycles. The van der Waals surface area contributed by atoms with Crippen molar-refractivity contribution in [1.82, 2.24) is 4.90 Å². The van der Waals surface area contributed by atoms with Gasteiger partial charge in [-0.05, 0) is 51.1 Å². The second kappa shape index (κ2) is 8.06. The van der Waals surface area contributed by atoms with Crippen molar-refractivity contribution in [2.24, 2.45) is 0 Å². The Labute approximate surface area is 153 Å². The molecule has 0 bridgehead atoms. The fraction of sp³-hybridized carbons (Fsp3) is 0.556. The Morgan fingerprint density at radius 3 is 2.76 bits per heavy atom. The van der Waals surface area contributed by atoms with E-state index < -0.39 is 6.10 Å². The van der Waals surface area contributed by atoms with Gasteiger partial charge >= 0.3 is 0 Å². The number of anilines is 2. The number of ether oxygens (including phenoxy) is 1. The summed E-state index contributed by atoms with van der Waals surface area (Å²) in [6.07, 6.45) is 3.23. The Hall–Kier alpha value is -1.79. The number of fused-ring (bicyclic) bond motifs is 1. The maximum atomic E-state index is 12.6. The molecule has 1 aromatic carbocycles. The number of nitrogens with zero attached hydrogens (tertiary/aromatic N) is 2. The van der Waals surface area contributed by atoms with Crippen LogP contribution >= 0.6 is 11.6 Å². The van der Waals surface area contributed by atoms with Crippen LogP contribution in [0.15, 0.2) is 18.2 Å². The number of benzene rings is 1. The number of hydrogen-bond acceptors (Lipinski definition) is 4. The summed E-state index contributed by atoms with van der Waals surface area (Å²) in [6, 6.07) is 5.32. The second-order valence-electron chi connectivity index (χ2n) is 6.52. The van der Waals surface area contributed by atoms with Crippen LogP contribution in [-0.2, 0) is 9.59 Å². The molecule has 0 spiro atoms. The summed E-state index contributed by atoms with van der Waals surface area (Å²) in [5.41, 5.74) is 1.31. The van der Waals surface area contributed by atoms with Gasteiger partial charge < -0.3 is 19.9 Å². The summed E-state index contributed by atoms with van der Waals surface area (Å²) in [5.74, 6) is 0.222. The number of likely N-dealkylation sites (tertiary alicyclic amines) is 1. The van der Waals surface area contributed by atoms with E-state index in [0.29, 0.717) is 23.7 Å². The van der Waals surface area contributed by atoms with E-state index in [9.17, 15) is 9.59 Å². The third-order valence-electron chi connectivity index (χ3n) is 4.66. The Bertz CT molecular complexity index is 646. The predicted molar refractivity (Wildman–Crippen MR) is 98.5 cm³/mol. The number of carbonyl (C=O) groups excluding carboxylic acids is 2. The van der Waals surface area contributed by atoms with Gasteiger partial charge in [-0.1, -0.05) is 6.42 Å². The summed E-state index contributed by atoms with van der Waals surface area (Å²) in [5, 5.41) is 2.72. The first-order valence-corrected chi connectivity index (χ1v) is 9.32. The fourth-order valence-corrected chi connectivity index (χ4v) is 3.40. The van der Waals surface area contributed by atoms with Crippen LogP contribution < -0.4 is 15.0 Å². The van der Waals surface area contributed by atoms with Gasteiger partial charge in [-0.2, -0.15) is 0 Å². The van der Waals surface area contributed by atoms with Crippen molar-refractivity contribution < 1.29 is 14.3 Å². The average molecular weight is 366 g/mol. The lowest BCUT2D eigenvalue weighted by atomic mass is 10.1. The minimum absolute atomic E-state index is 0.0506. The molecule has 0 aliphatic carbocycles. The minimum Gasteiger partial charge on any atom is -0.479 e. The molecule has 1 fully saturated rings. The molecule has 25 heavy (non-hydrogen) atoms. The molecular weight excluding hydrogens is 342 g/mol. The molecule has 2 amide bonds. The molecule has 6 nitrogen and oxygen atoms in total. The number of nitrogens with one attached hydrogen (secondary N) is 1. The molecule has 136 valence electrons. The van der Waals surface area contributed by atoms with Gasteiger partial charge in [-0.15, -0.1) is 11.6 Å². The van der Waals surface area contributed by atoms with Crippen molar-refractivity contribution >= 4 is 34.8 Å². The van der Waals surface area contributed by atoms with Gasteiger partial charge in [0.1, 0.15) is 11.6 Å². The van der Waals surface area contributed by atoms with Crippen molar-refractivity contribution in [3.8, 4) is 5.75 Å². The van der Waals surface area contributed by atoms with Crippen molar-refractivity contribution in [3.05, 3.63) is 18.2 Å². The highest BCUT2D eigenvalue weighted by atomic mass is 35.5. The number of alkyl halides is 1. The zero-order chi connectivity index (χ0) is 17.8. The average Bonchev–Trinajstić information content (AvgIpc) is 2.63. The van der Waals surface area contributed by atoms with Crippen LogP contribution in [0.25, 0.3) is 0 Å². The lowest BCUT2D eigenvalue weighted by molar-refractivity contribution is -0.125. The van der Waals surface area contributed by atoms with Crippen LogP contribution in [0.4, 0.5) is 11.4 Å². The number of hydrogen-bond donors (Lipinski definition) is 1. The maximum Gasteiger partial charge on any atom is 0.267 e. The molecule has 0 aromatic heterocycles. The SMILES string of the molecule is CC1Oc2ccc(NC(=O)CCl)cc2N(CCN2CCCCC2)C1=O. The highest BCUT2D eigenvalue weighted by molar-refractivity contribution is 6.29. The van der Waals surface area contributed by atoms with E-state index in [4.69, 9.17) is 16.3 Å². The molecule has 3 rings (SSSR count). The third-order valence-corrected chi connectivity index (χ3v) is 4.90. The molecule has 1 N–H and O–H groups in total. The van der Waals surface area contributed by atoms with E-state index in [0.717, 1.165) is 19.6 Å². The number of carbonyl (C=O) groups is 2. The summed E-state index contributed by atoms with van der Waals surface area (Å²) in [7, 11) is 0. The van der Waals surface area contributed by atoms with Crippen molar-refractivity contribution in [2.75, 3.05) is 42.3 Å². The summed E-state index contributed by atoms with van der Waals surface area (Å²) < 4.78 is 5.71. The van der Waals surface area contributed by atoms with Crippen LogP contribution in [-0.4, -0.2) is 54.9 Å². The van der Waals surface area contributed by atoms with Gasteiger partial charge in [0.05, 0.1) is 5.69 Å². The van der Waals surface area contributed by atoms with Gasteiger partial charge in [0.2, 0.25) is 5.91 Å². The highest BCUT2D eigenvalue weighted by Gasteiger charge is 2.32. The van der Waals surface area contributed by atoms with Crippen molar-refractivity contribution in [3.63, 3.8) is 0 Å². The molecule has 0 radical (unpaired) electrons. The fourth-order valence-electron chi connectivity index (χ4n) is 3.33. The summed E-state index contributed by atoms with van der Waals surface area (Å²) >= 11 is 5.55. The first-order valence-electron chi connectivity index (χ1n) is 8.79. The van der Waals surface area contributed by atoms with Crippen molar-refractivity contribution in [2.45, 2.75) is 32.3 Å². The van der Waals surface area contributed by atoms with E-state index in [1.54, 1.807) is 30.0 Å². The zero-order valence-electron chi connectivity index (χ0n) is 14.5. The van der Waals surface area contributed by atoms with Gasteiger partial charge in [-0.25, -0.2) is 0 Å². The molecule has 2 aliphatic heterocycles. The molecule has 2 heterocycles. The highest BCUT2D eigenvalue weighted by Crippen LogP contribution is 2.36. The standard InChI is InChI=1S/C18H24ClN3O3/c1-13-18(24)22(10-9-21-7-3-2-4-8-21)15-11-14(20-17(23)12-19)5-6-16(15)25-13/h5-6,11,13H,2-4,7-10,12H2,1H3,(H,20,23). The molecule has 1 unspecified atom stereocenters. The topological polar surface area (TPSA) is 61.9 Å². The molecule has 1 aromatic rings. The Kier molecular flexibility index (Phi) is 5.81. The van der Waals surface area contributed by atoms with Crippen LogP contribution in [0.3, 0.4) is 0 Å². The van der Waals surface area contributed by atoms with E-state index in [1.165, 1.54) is 19.3 Å². The molecular formula is C18H24ClN3O3. The van der Waals surface area contributed by atoms with Crippen LogP contribution in [0.2, 0.25) is 0 Å².